The molecule has 0 fully saturated rings. The number of ether oxygens (including phenoxy) is 1. The minimum absolute atomic E-state index is 0.00954. The molecule has 0 heterocycles. The van der Waals surface area contributed by atoms with Crippen molar-refractivity contribution in [3.05, 3.63) is 51.5 Å². The van der Waals surface area contributed by atoms with E-state index in [1.807, 2.05) is 0 Å². The molecule has 0 aliphatic rings. The van der Waals surface area contributed by atoms with E-state index in [1.54, 1.807) is 6.07 Å². The lowest BCUT2D eigenvalue weighted by Crippen LogP contribution is -1.95. The Balaban J connectivity index is 2.75. The second kappa shape index (κ2) is 5.16. The number of aromatic hydroxyl groups is 1. The van der Waals surface area contributed by atoms with E-state index in [9.17, 15) is 15.2 Å². The zero-order valence-electron chi connectivity index (χ0n) is 9.96. The van der Waals surface area contributed by atoms with E-state index in [0.29, 0.717) is 11.3 Å². The van der Waals surface area contributed by atoms with Gasteiger partial charge in [0.1, 0.15) is 11.5 Å². The second-order valence-corrected chi connectivity index (χ2v) is 4.18. The SMILES string of the molecule is COc1cc(O)ccc1-c1c(Cl)cccc1[N+](=O)[O-]. The highest BCUT2D eigenvalue weighted by Crippen LogP contribution is 2.41. The highest BCUT2D eigenvalue weighted by Gasteiger charge is 2.21. The van der Waals surface area contributed by atoms with Gasteiger partial charge in [-0.3, -0.25) is 10.1 Å². The van der Waals surface area contributed by atoms with E-state index in [2.05, 4.69) is 0 Å². The smallest absolute Gasteiger partial charge is 0.278 e. The summed E-state index contributed by atoms with van der Waals surface area (Å²) >= 11 is 6.05. The Hall–Kier alpha value is -2.27. The number of halogens is 1. The average molecular weight is 280 g/mol. The molecule has 2 aromatic carbocycles. The number of benzene rings is 2. The third-order valence-electron chi connectivity index (χ3n) is 2.64. The van der Waals surface area contributed by atoms with Crippen molar-refractivity contribution >= 4 is 17.3 Å². The van der Waals surface area contributed by atoms with Crippen LogP contribution in [0.5, 0.6) is 11.5 Å². The highest BCUT2D eigenvalue weighted by molar-refractivity contribution is 6.34. The fourth-order valence-electron chi connectivity index (χ4n) is 1.82. The van der Waals surface area contributed by atoms with Crippen LogP contribution in [0.1, 0.15) is 0 Å². The summed E-state index contributed by atoms with van der Waals surface area (Å²) in [5.74, 6) is 0.325. The predicted molar refractivity (Wildman–Crippen MR) is 71.8 cm³/mol. The second-order valence-electron chi connectivity index (χ2n) is 3.78. The Bertz CT molecular complexity index is 643. The molecule has 6 heteroatoms. The standard InChI is InChI=1S/C13H10ClNO4/c1-19-12-7-8(16)5-6-9(12)13-10(14)3-2-4-11(13)15(17)18/h2-7,16H,1H3. The number of hydrogen-bond acceptors (Lipinski definition) is 4. The number of phenolic OH excluding ortho intramolecular Hbond substituents is 1. The van der Waals surface area contributed by atoms with Gasteiger partial charge in [0, 0.05) is 17.7 Å². The van der Waals surface area contributed by atoms with Crippen LogP contribution < -0.4 is 4.74 Å². The minimum Gasteiger partial charge on any atom is -0.508 e. The van der Waals surface area contributed by atoms with Crippen LogP contribution >= 0.6 is 11.6 Å². The molecule has 5 nitrogen and oxygen atoms in total. The van der Waals surface area contributed by atoms with Crippen LogP contribution in [-0.4, -0.2) is 17.1 Å². The highest BCUT2D eigenvalue weighted by atomic mass is 35.5. The van der Waals surface area contributed by atoms with Crippen LogP contribution in [0.15, 0.2) is 36.4 Å². The van der Waals surface area contributed by atoms with Crippen molar-refractivity contribution in [2.45, 2.75) is 0 Å². The molecule has 0 unspecified atom stereocenters. The normalized spacial score (nSPS) is 10.2. The number of methoxy groups -OCH3 is 1. The first-order valence-electron chi connectivity index (χ1n) is 5.35. The maximum Gasteiger partial charge on any atom is 0.278 e. The van der Waals surface area contributed by atoms with Gasteiger partial charge in [-0.1, -0.05) is 17.7 Å². The van der Waals surface area contributed by atoms with Crippen LogP contribution in [0.4, 0.5) is 5.69 Å². The molecule has 0 bridgehead atoms. The van der Waals surface area contributed by atoms with Crippen molar-refractivity contribution in [3.63, 3.8) is 0 Å². The Morgan fingerprint density at radius 2 is 2.05 bits per heavy atom. The number of nitro groups is 1. The summed E-state index contributed by atoms with van der Waals surface area (Å²) in [5, 5.41) is 20.7. The van der Waals surface area contributed by atoms with Crippen LogP contribution in [-0.2, 0) is 0 Å². The molecule has 0 aromatic heterocycles. The number of hydrogen-bond donors (Lipinski definition) is 1. The van der Waals surface area contributed by atoms with Gasteiger partial charge in [-0.2, -0.15) is 0 Å². The number of rotatable bonds is 3. The largest absolute Gasteiger partial charge is 0.508 e. The molecule has 0 spiro atoms. The van der Waals surface area contributed by atoms with Crippen LogP contribution in [0, 0.1) is 10.1 Å². The van der Waals surface area contributed by atoms with E-state index in [-0.39, 0.29) is 22.0 Å². The molecule has 0 saturated heterocycles. The molecule has 2 rings (SSSR count). The molecule has 0 atom stereocenters. The minimum atomic E-state index is -0.506. The zero-order chi connectivity index (χ0) is 14.0. The molecule has 98 valence electrons. The van der Waals surface area contributed by atoms with Gasteiger partial charge in [-0.05, 0) is 18.2 Å². The maximum atomic E-state index is 11.1. The van der Waals surface area contributed by atoms with E-state index in [1.165, 1.54) is 37.4 Å². The molecule has 0 aliphatic carbocycles. The molecule has 19 heavy (non-hydrogen) atoms. The molecular formula is C13H10ClNO4. The summed E-state index contributed by atoms with van der Waals surface area (Å²) in [6.45, 7) is 0. The summed E-state index contributed by atoms with van der Waals surface area (Å²) in [5.41, 5.74) is 0.611. The molecule has 0 saturated carbocycles. The molecular weight excluding hydrogens is 270 g/mol. The van der Waals surface area contributed by atoms with E-state index >= 15 is 0 Å². The topological polar surface area (TPSA) is 72.6 Å². The Morgan fingerprint density at radius 1 is 1.32 bits per heavy atom. The molecule has 0 aliphatic heterocycles. The van der Waals surface area contributed by atoms with E-state index < -0.39 is 4.92 Å². The lowest BCUT2D eigenvalue weighted by atomic mass is 10.0. The molecule has 1 N–H and O–H groups in total. The predicted octanol–water partition coefficient (Wildman–Crippen LogP) is 3.63. The van der Waals surface area contributed by atoms with Crippen LogP contribution in [0.2, 0.25) is 5.02 Å². The Morgan fingerprint density at radius 3 is 2.68 bits per heavy atom. The van der Waals surface area contributed by atoms with E-state index in [4.69, 9.17) is 16.3 Å². The lowest BCUT2D eigenvalue weighted by molar-refractivity contribution is -0.384. The van der Waals surface area contributed by atoms with Gasteiger partial charge in [0.15, 0.2) is 0 Å². The van der Waals surface area contributed by atoms with Crippen molar-refractivity contribution in [2.75, 3.05) is 7.11 Å². The Labute approximate surface area is 114 Å². The first-order valence-corrected chi connectivity index (χ1v) is 5.72. The van der Waals surface area contributed by atoms with Gasteiger partial charge in [-0.25, -0.2) is 0 Å². The third kappa shape index (κ3) is 2.46. The first kappa shape index (κ1) is 13.2. The van der Waals surface area contributed by atoms with Gasteiger partial charge in [0.25, 0.3) is 5.69 Å². The fraction of sp³-hybridized carbons (Fsp3) is 0.0769. The van der Waals surface area contributed by atoms with Crippen LogP contribution in [0.25, 0.3) is 11.1 Å². The van der Waals surface area contributed by atoms with Gasteiger partial charge in [0.05, 0.1) is 22.6 Å². The van der Waals surface area contributed by atoms with E-state index in [0.717, 1.165) is 0 Å². The first-order chi connectivity index (χ1) is 9.04. The van der Waals surface area contributed by atoms with Crippen molar-refractivity contribution < 1.29 is 14.8 Å². The average Bonchev–Trinajstić information content (AvgIpc) is 2.38. The molecule has 0 amide bonds. The maximum absolute atomic E-state index is 11.1. The van der Waals surface area contributed by atoms with Crippen LogP contribution in [0.3, 0.4) is 0 Å². The summed E-state index contributed by atoms with van der Waals surface area (Å²) in [6.07, 6.45) is 0. The fourth-order valence-corrected chi connectivity index (χ4v) is 2.09. The van der Waals surface area contributed by atoms with Crippen molar-refractivity contribution in [1.82, 2.24) is 0 Å². The lowest BCUT2D eigenvalue weighted by Gasteiger charge is -2.10. The summed E-state index contributed by atoms with van der Waals surface area (Å²) in [7, 11) is 1.42. The van der Waals surface area contributed by atoms with Crippen molar-refractivity contribution in [2.24, 2.45) is 0 Å². The third-order valence-corrected chi connectivity index (χ3v) is 2.96. The monoisotopic (exact) mass is 279 g/mol. The van der Waals surface area contributed by atoms with Gasteiger partial charge in [-0.15, -0.1) is 0 Å². The number of phenols is 1. The molecule has 0 radical (unpaired) electrons. The summed E-state index contributed by atoms with van der Waals surface area (Å²) < 4.78 is 5.13. The van der Waals surface area contributed by atoms with Crippen molar-refractivity contribution in [3.8, 4) is 22.6 Å². The van der Waals surface area contributed by atoms with Crippen molar-refractivity contribution in [1.29, 1.82) is 0 Å². The Kier molecular flexibility index (Phi) is 3.57. The van der Waals surface area contributed by atoms with Gasteiger partial charge < -0.3 is 9.84 Å². The van der Waals surface area contributed by atoms with Gasteiger partial charge in [0.2, 0.25) is 0 Å². The van der Waals surface area contributed by atoms with Gasteiger partial charge >= 0.3 is 0 Å². The quantitative estimate of drug-likeness (QED) is 0.688. The molecule has 2 aromatic rings. The number of nitrogens with zero attached hydrogens (tertiary/aromatic N) is 1. The zero-order valence-corrected chi connectivity index (χ0v) is 10.7. The number of nitro benzene ring substituents is 1. The summed E-state index contributed by atoms with van der Waals surface area (Å²) in [4.78, 5) is 10.6. The summed E-state index contributed by atoms with van der Waals surface area (Å²) in [6, 6.07) is 8.77.